The molecule has 1 aliphatic heterocycles. The average Bonchev–Trinajstić information content (AvgIpc) is 2.77. The molecule has 8 nitrogen and oxygen atoms in total. The number of rotatable bonds is 5. The monoisotopic (exact) mass is 291 g/mol. The number of hydrogen-bond acceptors (Lipinski definition) is 4. The third-order valence-electron chi connectivity index (χ3n) is 2.90. The van der Waals surface area contributed by atoms with Crippen molar-refractivity contribution >= 4 is 23.8 Å². The first kappa shape index (κ1) is 14.5. The Balaban J connectivity index is 1.89. The van der Waals surface area contributed by atoms with E-state index in [9.17, 15) is 19.2 Å². The number of amides is 4. The summed E-state index contributed by atoms with van der Waals surface area (Å²) in [6.45, 7) is -0.348. The molecule has 1 aliphatic rings. The zero-order chi connectivity index (χ0) is 15.4. The Labute approximate surface area is 119 Å². The number of carboxylic acids is 1. The fourth-order valence-corrected chi connectivity index (χ4v) is 1.83. The maximum absolute atomic E-state index is 11.7. The normalized spacial score (nSPS) is 14.0. The van der Waals surface area contributed by atoms with Crippen LogP contribution in [-0.4, -0.2) is 46.9 Å². The number of benzene rings is 1. The minimum Gasteiger partial charge on any atom is -0.478 e. The SMILES string of the molecule is O=C(CN1C(=O)CNC1=O)NCc1cccc(C(=O)O)c1. The summed E-state index contributed by atoms with van der Waals surface area (Å²) >= 11 is 0. The molecule has 1 saturated heterocycles. The summed E-state index contributed by atoms with van der Waals surface area (Å²) in [6, 6.07) is 5.53. The molecule has 8 heteroatoms. The quantitative estimate of drug-likeness (QED) is 0.636. The lowest BCUT2D eigenvalue weighted by atomic mass is 10.1. The Kier molecular flexibility index (Phi) is 4.17. The van der Waals surface area contributed by atoms with Gasteiger partial charge in [-0.2, -0.15) is 0 Å². The van der Waals surface area contributed by atoms with Gasteiger partial charge < -0.3 is 15.7 Å². The molecule has 0 bridgehead atoms. The molecule has 0 atom stereocenters. The number of carbonyl (C=O) groups is 4. The first-order valence-corrected chi connectivity index (χ1v) is 6.14. The summed E-state index contributed by atoms with van der Waals surface area (Å²) in [6.07, 6.45) is 0. The van der Waals surface area contributed by atoms with E-state index in [4.69, 9.17) is 5.11 Å². The van der Waals surface area contributed by atoms with Crippen LogP contribution in [0.25, 0.3) is 0 Å². The summed E-state index contributed by atoms with van der Waals surface area (Å²) in [5.41, 5.74) is 0.733. The standard InChI is InChI=1S/C13H13N3O5/c17-10(7-16-11(18)6-15-13(16)21)14-5-8-2-1-3-9(4-8)12(19)20/h1-4H,5-7H2,(H,14,17)(H,15,21)(H,19,20). The molecule has 1 aromatic rings. The molecular formula is C13H13N3O5. The van der Waals surface area contributed by atoms with E-state index < -0.39 is 23.8 Å². The fraction of sp³-hybridized carbons (Fsp3) is 0.231. The number of nitrogens with one attached hydrogen (secondary N) is 2. The van der Waals surface area contributed by atoms with Crippen LogP contribution >= 0.6 is 0 Å². The summed E-state index contributed by atoms with van der Waals surface area (Å²) < 4.78 is 0. The van der Waals surface area contributed by atoms with Gasteiger partial charge in [-0.25, -0.2) is 9.59 Å². The van der Waals surface area contributed by atoms with Crippen LogP contribution in [0.15, 0.2) is 24.3 Å². The number of hydrogen-bond donors (Lipinski definition) is 3. The largest absolute Gasteiger partial charge is 0.478 e. The molecule has 3 N–H and O–H groups in total. The number of urea groups is 1. The predicted molar refractivity (Wildman–Crippen MR) is 70.4 cm³/mol. The Morgan fingerprint density at radius 2 is 2.10 bits per heavy atom. The molecule has 0 unspecified atom stereocenters. The molecule has 1 aromatic carbocycles. The third kappa shape index (κ3) is 3.56. The van der Waals surface area contributed by atoms with Gasteiger partial charge in [0.15, 0.2) is 0 Å². The van der Waals surface area contributed by atoms with Crippen molar-refractivity contribution in [1.82, 2.24) is 15.5 Å². The summed E-state index contributed by atoms with van der Waals surface area (Å²) in [7, 11) is 0. The number of imide groups is 1. The van der Waals surface area contributed by atoms with Crippen molar-refractivity contribution in [2.75, 3.05) is 13.1 Å². The fourth-order valence-electron chi connectivity index (χ4n) is 1.83. The smallest absolute Gasteiger partial charge is 0.335 e. The van der Waals surface area contributed by atoms with Crippen molar-refractivity contribution in [3.63, 3.8) is 0 Å². The average molecular weight is 291 g/mol. The van der Waals surface area contributed by atoms with Gasteiger partial charge in [0.2, 0.25) is 5.91 Å². The van der Waals surface area contributed by atoms with Gasteiger partial charge in [-0.15, -0.1) is 0 Å². The molecule has 1 fully saturated rings. The lowest BCUT2D eigenvalue weighted by molar-refractivity contribution is -0.130. The second-order valence-corrected chi connectivity index (χ2v) is 4.42. The molecule has 0 aliphatic carbocycles. The first-order valence-electron chi connectivity index (χ1n) is 6.14. The van der Waals surface area contributed by atoms with E-state index in [1.54, 1.807) is 12.1 Å². The van der Waals surface area contributed by atoms with Crippen LogP contribution in [-0.2, 0) is 16.1 Å². The highest BCUT2D eigenvalue weighted by Gasteiger charge is 2.29. The molecule has 0 spiro atoms. The van der Waals surface area contributed by atoms with Crippen LogP contribution in [0.5, 0.6) is 0 Å². The van der Waals surface area contributed by atoms with Gasteiger partial charge in [0.25, 0.3) is 5.91 Å². The van der Waals surface area contributed by atoms with Crippen molar-refractivity contribution < 1.29 is 24.3 Å². The van der Waals surface area contributed by atoms with Gasteiger partial charge >= 0.3 is 12.0 Å². The second-order valence-electron chi connectivity index (χ2n) is 4.42. The molecule has 0 radical (unpaired) electrons. The van der Waals surface area contributed by atoms with Crippen LogP contribution < -0.4 is 10.6 Å². The van der Waals surface area contributed by atoms with Crippen LogP contribution in [0.3, 0.4) is 0 Å². The molecule has 110 valence electrons. The summed E-state index contributed by atoms with van der Waals surface area (Å²) in [4.78, 5) is 45.9. The predicted octanol–water partition coefficient (Wildman–Crippen LogP) is -0.447. The number of nitrogens with zero attached hydrogens (tertiary/aromatic N) is 1. The second kappa shape index (κ2) is 6.04. The van der Waals surface area contributed by atoms with E-state index in [2.05, 4.69) is 10.6 Å². The van der Waals surface area contributed by atoms with Crippen molar-refractivity contribution in [2.45, 2.75) is 6.54 Å². The van der Waals surface area contributed by atoms with Gasteiger partial charge in [-0.05, 0) is 17.7 Å². The maximum atomic E-state index is 11.7. The molecule has 2 rings (SSSR count). The van der Waals surface area contributed by atoms with Gasteiger partial charge in [-0.1, -0.05) is 12.1 Å². The van der Waals surface area contributed by atoms with Gasteiger partial charge in [0.05, 0.1) is 12.1 Å². The maximum Gasteiger partial charge on any atom is 0.335 e. The molecule has 0 aromatic heterocycles. The summed E-state index contributed by atoms with van der Waals surface area (Å²) in [5.74, 6) is -2.01. The lowest BCUT2D eigenvalue weighted by Gasteiger charge is -2.12. The molecular weight excluding hydrogens is 278 g/mol. The zero-order valence-electron chi connectivity index (χ0n) is 11.0. The van der Waals surface area contributed by atoms with E-state index in [-0.39, 0.29) is 25.2 Å². The third-order valence-corrected chi connectivity index (χ3v) is 2.90. The van der Waals surface area contributed by atoms with Crippen molar-refractivity contribution in [3.8, 4) is 0 Å². The van der Waals surface area contributed by atoms with Gasteiger partial charge in [0.1, 0.15) is 6.54 Å². The van der Waals surface area contributed by atoms with E-state index >= 15 is 0 Å². The number of carboxylic acid groups (broad SMARTS) is 1. The van der Waals surface area contributed by atoms with E-state index in [0.29, 0.717) is 5.56 Å². The Morgan fingerprint density at radius 1 is 1.33 bits per heavy atom. The highest BCUT2D eigenvalue weighted by atomic mass is 16.4. The Morgan fingerprint density at radius 3 is 2.71 bits per heavy atom. The summed E-state index contributed by atoms with van der Waals surface area (Å²) in [5, 5.41) is 13.7. The lowest BCUT2D eigenvalue weighted by Crippen LogP contribution is -2.40. The van der Waals surface area contributed by atoms with Gasteiger partial charge in [-0.3, -0.25) is 14.5 Å². The van der Waals surface area contributed by atoms with Crippen molar-refractivity contribution in [1.29, 1.82) is 0 Å². The zero-order valence-corrected chi connectivity index (χ0v) is 11.0. The van der Waals surface area contributed by atoms with Gasteiger partial charge in [0, 0.05) is 6.54 Å². The number of carbonyl (C=O) groups excluding carboxylic acids is 3. The molecule has 0 saturated carbocycles. The minimum absolute atomic E-state index is 0.104. The van der Waals surface area contributed by atoms with Crippen LogP contribution in [0.4, 0.5) is 4.79 Å². The van der Waals surface area contributed by atoms with E-state index in [0.717, 1.165) is 4.90 Å². The molecule has 4 amide bonds. The van der Waals surface area contributed by atoms with Crippen molar-refractivity contribution in [3.05, 3.63) is 35.4 Å². The van der Waals surface area contributed by atoms with E-state index in [1.165, 1.54) is 12.1 Å². The minimum atomic E-state index is -1.05. The Bertz CT molecular complexity index is 598. The topological polar surface area (TPSA) is 116 Å². The van der Waals surface area contributed by atoms with Crippen LogP contribution in [0, 0.1) is 0 Å². The first-order chi connectivity index (χ1) is 9.97. The van der Waals surface area contributed by atoms with Crippen molar-refractivity contribution in [2.24, 2.45) is 0 Å². The Hall–Kier alpha value is -2.90. The molecule has 21 heavy (non-hydrogen) atoms. The van der Waals surface area contributed by atoms with Crippen LogP contribution in [0.1, 0.15) is 15.9 Å². The molecule has 1 heterocycles. The highest BCUT2D eigenvalue weighted by molar-refractivity contribution is 6.04. The van der Waals surface area contributed by atoms with Crippen LogP contribution in [0.2, 0.25) is 0 Å². The number of aromatic carboxylic acids is 1. The van der Waals surface area contributed by atoms with E-state index in [1.807, 2.05) is 0 Å². The highest BCUT2D eigenvalue weighted by Crippen LogP contribution is 2.05.